The van der Waals surface area contributed by atoms with Crippen molar-refractivity contribution in [1.82, 2.24) is 21.5 Å². The predicted octanol–water partition coefficient (Wildman–Crippen LogP) is -2.41. The van der Waals surface area contributed by atoms with Gasteiger partial charge in [-0.2, -0.15) is 5.53 Å². The lowest BCUT2D eigenvalue weighted by molar-refractivity contribution is -0.118. The largest absolute Gasteiger partial charge is 0.368 e. The molecule has 0 spiro atoms. The van der Waals surface area contributed by atoms with Gasteiger partial charge in [-0.25, -0.2) is 0 Å². The summed E-state index contributed by atoms with van der Waals surface area (Å²) in [7, 11) is 0. The monoisotopic (exact) mass is 161 g/mol. The van der Waals surface area contributed by atoms with Gasteiger partial charge in [0.2, 0.25) is 11.0 Å². The first kappa shape index (κ1) is 7.19. The van der Waals surface area contributed by atoms with Gasteiger partial charge in [-0.15, -0.1) is 5.53 Å². The second kappa shape index (κ2) is 2.78. The number of nitrogens with zero attached hydrogens (tertiary/aromatic N) is 1. The van der Waals surface area contributed by atoms with Crippen molar-refractivity contribution in [2.75, 3.05) is 6.54 Å². The molecule has 0 aromatic rings. The van der Waals surface area contributed by atoms with Gasteiger partial charge in [0.15, 0.2) is 0 Å². The van der Waals surface area contributed by atoms with Crippen molar-refractivity contribution in [3.05, 3.63) is 0 Å². The van der Waals surface area contributed by atoms with Crippen LogP contribution in [0.1, 0.15) is 0 Å². The van der Waals surface area contributed by atoms with E-state index in [1.165, 1.54) is 5.01 Å². The van der Waals surface area contributed by atoms with Crippen LogP contribution in [0.15, 0.2) is 0 Å². The van der Waals surface area contributed by atoms with Crippen LogP contribution in [0, 0.1) is 0 Å². The smallest absolute Gasteiger partial charge is 0.238 e. The molecular weight excluding hydrogens is 154 g/mol. The van der Waals surface area contributed by atoms with Crippen molar-refractivity contribution in [2.45, 2.75) is 0 Å². The SMILES string of the molecule is NC(=O)CN1NNNC1=S. The average molecular weight is 161 g/mol. The number of thiocarbonyl (C=S) groups is 1. The molecule has 1 aliphatic heterocycles. The van der Waals surface area contributed by atoms with Crippen LogP contribution >= 0.6 is 12.2 Å². The van der Waals surface area contributed by atoms with E-state index < -0.39 is 5.91 Å². The Kier molecular flexibility index (Phi) is 2.00. The Morgan fingerprint density at radius 1 is 1.80 bits per heavy atom. The van der Waals surface area contributed by atoms with Crippen LogP contribution in [0.2, 0.25) is 0 Å². The molecule has 0 unspecified atom stereocenters. The second-order valence-electron chi connectivity index (χ2n) is 1.72. The van der Waals surface area contributed by atoms with Gasteiger partial charge >= 0.3 is 0 Å². The Balaban J connectivity index is 2.40. The summed E-state index contributed by atoms with van der Waals surface area (Å²) in [4.78, 5) is 10.3. The summed E-state index contributed by atoms with van der Waals surface area (Å²) in [5, 5.41) is 1.79. The highest BCUT2D eigenvalue weighted by Crippen LogP contribution is 1.85. The van der Waals surface area contributed by atoms with Crippen molar-refractivity contribution in [3.8, 4) is 0 Å². The minimum atomic E-state index is -0.444. The summed E-state index contributed by atoms with van der Waals surface area (Å²) < 4.78 is 0. The maximum absolute atomic E-state index is 10.3. The molecule has 1 aliphatic rings. The molecular formula is C3H7N5OS. The molecule has 1 rings (SSSR count). The maximum Gasteiger partial charge on any atom is 0.238 e. The van der Waals surface area contributed by atoms with E-state index in [0.717, 1.165) is 0 Å². The standard InChI is InChI=1S/C3H7N5OS/c4-2(9)1-8-3(10)5-6-7-8/h6-7H,1H2,(H2,4,9)(H,5,10). The minimum Gasteiger partial charge on any atom is -0.368 e. The average Bonchev–Trinajstić information content (AvgIpc) is 2.15. The molecule has 1 saturated heterocycles. The van der Waals surface area contributed by atoms with Crippen molar-refractivity contribution < 1.29 is 4.79 Å². The third-order valence-corrected chi connectivity index (χ3v) is 1.24. The third kappa shape index (κ3) is 1.53. The molecule has 0 aliphatic carbocycles. The van der Waals surface area contributed by atoms with Crippen LogP contribution in [-0.2, 0) is 4.79 Å². The number of hydrazine groups is 3. The summed E-state index contributed by atoms with van der Waals surface area (Å²) in [6, 6.07) is 0. The number of nitrogens with one attached hydrogen (secondary N) is 3. The zero-order chi connectivity index (χ0) is 7.56. The first-order chi connectivity index (χ1) is 4.70. The Morgan fingerprint density at radius 2 is 2.50 bits per heavy atom. The number of nitrogens with two attached hydrogens (primary N) is 1. The number of carbonyl (C=O) groups is 1. The summed E-state index contributed by atoms with van der Waals surface area (Å²) in [6.07, 6.45) is 0. The van der Waals surface area contributed by atoms with E-state index in [1.54, 1.807) is 0 Å². The zero-order valence-corrected chi connectivity index (χ0v) is 5.86. The van der Waals surface area contributed by atoms with E-state index in [2.05, 4.69) is 16.5 Å². The molecule has 0 bridgehead atoms. The lowest BCUT2D eigenvalue weighted by Gasteiger charge is -2.10. The van der Waals surface area contributed by atoms with Crippen LogP contribution in [-0.4, -0.2) is 22.6 Å². The van der Waals surface area contributed by atoms with Crippen LogP contribution in [0.4, 0.5) is 0 Å². The Morgan fingerprint density at radius 3 is 2.90 bits per heavy atom. The lowest BCUT2D eigenvalue weighted by atomic mass is 10.6. The highest BCUT2D eigenvalue weighted by atomic mass is 32.1. The highest BCUT2D eigenvalue weighted by Gasteiger charge is 2.16. The minimum absolute atomic E-state index is 0.0544. The fourth-order valence-corrected chi connectivity index (χ4v) is 0.696. The number of hydrogen-bond acceptors (Lipinski definition) is 4. The van der Waals surface area contributed by atoms with E-state index in [1.807, 2.05) is 0 Å². The summed E-state index contributed by atoms with van der Waals surface area (Å²) in [5.74, 6) is -0.444. The third-order valence-electron chi connectivity index (χ3n) is 0.919. The van der Waals surface area contributed by atoms with Gasteiger partial charge in [0.1, 0.15) is 6.54 Å². The van der Waals surface area contributed by atoms with Gasteiger partial charge in [-0.05, 0) is 12.2 Å². The van der Waals surface area contributed by atoms with Crippen molar-refractivity contribution in [3.63, 3.8) is 0 Å². The predicted molar refractivity (Wildman–Crippen MR) is 37.9 cm³/mol. The van der Waals surface area contributed by atoms with Gasteiger partial charge in [-0.3, -0.25) is 15.2 Å². The number of amides is 1. The Hall–Kier alpha value is -0.920. The van der Waals surface area contributed by atoms with Crippen LogP contribution in [0.3, 0.4) is 0 Å². The maximum atomic E-state index is 10.3. The van der Waals surface area contributed by atoms with E-state index in [4.69, 9.17) is 18.0 Å². The molecule has 6 nitrogen and oxygen atoms in total. The number of rotatable bonds is 2. The molecule has 56 valence electrons. The van der Waals surface area contributed by atoms with Gasteiger partial charge < -0.3 is 5.73 Å². The molecule has 5 N–H and O–H groups in total. The lowest BCUT2D eigenvalue weighted by Crippen LogP contribution is -2.42. The number of hydrogen-bond donors (Lipinski definition) is 4. The van der Waals surface area contributed by atoms with E-state index in [9.17, 15) is 4.79 Å². The van der Waals surface area contributed by atoms with Crippen LogP contribution in [0.5, 0.6) is 0 Å². The van der Waals surface area contributed by atoms with E-state index >= 15 is 0 Å². The normalized spacial score (nSPS) is 17.2. The Labute approximate surface area is 62.6 Å². The van der Waals surface area contributed by atoms with Gasteiger partial charge in [0.25, 0.3) is 0 Å². The van der Waals surface area contributed by atoms with Crippen molar-refractivity contribution in [1.29, 1.82) is 0 Å². The highest BCUT2D eigenvalue weighted by molar-refractivity contribution is 7.80. The van der Waals surface area contributed by atoms with Crippen LogP contribution < -0.4 is 22.2 Å². The summed E-state index contributed by atoms with van der Waals surface area (Å²) in [5.41, 5.74) is 12.5. The molecule has 10 heavy (non-hydrogen) atoms. The van der Waals surface area contributed by atoms with Crippen molar-refractivity contribution in [2.24, 2.45) is 5.73 Å². The molecule has 1 heterocycles. The molecule has 0 saturated carbocycles. The quantitative estimate of drug-likeness (QED) is 0.338. The van der Waals surface area contributed by atoms with Crippen molar-refractivity contribution >= 4 is 23.2 Å². The Bertz CT molecular complexity index is 170. The molecule has 1 fully saturated rings. The van der Waals surface area contributed by atoms with E-state index in [-0.39, 0.29) is 6.54 Å². The molecule has 1 amide bonds. The van der Waals surface area contributed by atoms with Gasteiger partial charge in [-0.1, -0.05) is 0 Å². The van der Waals surface area contributed by atoms with Crippen LogP contribution in [0.25, 0.3) is 0 Å². The van der Waals surface area contributed by atoms with Gasteiger partial charge in [0, 0.05) is 0 Å². The number of carbonyl (C=O) groups excluding carboxylic acids is 1. The molecule has 0 atom stereocenters. The van der Waals surface area contributed by atoms with E-state index in [0.29, 0.717) is 5.11 Å². The number of primary amides is 1. The fraction of sp³-hybridized carbons (Fsp3) is 0.333. The molecule has 7 heteroatoms. The first-order valence-corrected chi connectivity index (χ1v) is 2.97. The summed E-state index contributed by atoms with van der Waals surface area (Å²) >= 11 is 4.74. The van der Waals surface area contributed by atoms with Gasteiger partial charge in [0.05, 0.1) is 0 Å². The molecule has 0 aromatic heterocycles. The fourth-order valence-electron chi connectivity index (χ4n) is 0.534. The molecule has 0 radical (unpaired) electrons. The second-order valence-corrected chi connectivity index (χ2v) is 2.11. The topological polar surface area (TPSA) is 82.4 Å². The zero-order valence-electron chi connectivity index (χ0n) is 5.05. The summed E-state index contributed by atoms with van der Waals surface area (Å²) in [6.45, 7) is 0.0544. The first-order valence-electron chi connectivity index (χ1n) is 2.56. The molecule has 0 aromatic carbocycles.